The number of benzene rings is 1. The van der Waals surface area contributed by atoms with Crippen molar-refractivity contribution in [3.63, 3.8) is 0 Å². The normalized spacial score (nSPS) is 16.7. The summed E-state index contributed by atoms with van der Waals surface area (Å²) < 4.78 is 0. The maximum atomic E-state index is 4.75. The van der Waals surface area contributed by atoms with Gasteiger partial charge in [-0.05, 0) is 30.5 Å². The Hall–Kier alpha value is -3.22. The third-order valence-electron chi connectivity index (χ3n) is 5.70. The highest BCUT2D eigenvalue weighted by Crippen LogP contribution is 2.26. The van der Waals surface area contributed by atoms with Crippen molar-refractivity contribution in [2.75, 3.05) is 47.4 Å². The minimum atomic E-state index is 0.804. The summed E-state index contributed by atoms with van der Waals surface area (Å²) in [6.45, 7) is 7.46. The molecule has 148 valence electrons. The summed E-state index contributed by atoms with van der Waals surface area (Å²) in [7, 11) is 0. The van der Waals surface area contributed by atoms with E-state index in [0.717, 1.165) is 69.1 Å². The molecular weight excluding hydrogens is 362 g/mol. The molecule has 0 atom stereocenters. The van der Waals surface area contributed by atoms with Crippen LogP contribution in [0.15, 0.2) is 48.8 Å². The predicted octanol–water partition coefficient (Wildman–Crippen LogP) is 2.46. The van der Waals surface area contributed by atoms with Crippen LogP contribution in [0.1, 0.15) is 17.0 Å². The molecule has 29 heavy (non-hydrogen) atoms. The topological polar surface area (TPSA) is 61.3 Å². The fourth-order valence-electron chi connectivity index (χ4n) is 4.14. The second-order valence-corrected chi connectivity index (χ2v) is 7.59. The number of aromatic nitrogens is 4. The molecule has 2 aliphatic rings. The van der Waals surface area contributed by atoms with E-state index in [1.165, 1.54) is 11.1 Å². The number of hydrogen-bond acceptors (Lipinski definition) is 7. The van der Waals surface area contributed by atoms with Crippen LogP contribution in [-0.2, 0) is 13.0 Å². The first-order chi connectivity index (χ1) is 14.3. The molecule has 0 bridgehead atoms. The first-order valence-electron chi connectivity index (χ1n) is 10.2. The van der Waals surface area contributed by atoms with E-state index >= 15 is 0 Å². The molecule has 4 heterocycles. The van der Waals surface area contributed by atoms with Gasteiger partial charge in [-0.1, -0.05) is 24.3 Å². The minimum Gasteiger partial charge on any atom is -0.353 e. The van der Waals surface area contributed by atoms with Gasteiger partial charge in [-0.25, -0.2) is 19.9 Å². The van der Waals surface area contributed by atoms with E-state index in [0.29, 0.717) is 0 Å². The Kier molecular flexibility index (Phi) is 4.71. The molecule has 7 heteroatoms. The van der Waals surface area contributed by atoms with Crippen molar-refractivity contribution in [2.24, 2.45) is 0 Å². The number of aryl methyl sites for hydroxylation is 1. The molecule has 1 fully saturated rings. The van der Waals surface area contributed by atoms with Crippen molar-refractivity contribution >= 4 is 17.6 Å². The molecule has 0 aliphatic carbocycles. The van der Waals surface area contributed by atoms with Crippen LogP contribution in [-0.4, -0.2) is 52.7 Å². The molecule has 5 rings (SSSR count). The molecule has 0 spiro atoms. The Morgan fingerprint density at radius 3 is 2.14 bits per heavy atom. The Balaban J connectivity index is 1.32. The van der Waals surface area contributed by atoms with Gasteiger partial charge < -0.3 is 14.7 Å². The molecule has 2 aromatic heterocycles. The summed E-state index contributed by atoms with van der Waals surface area (Å²) in [5.74, 6) is 3.67. The highest BCUT2D eigenvalue weighted by molar-refractivity contribution is 5.53. The standard InChI is InChI=1S/C22H25N7/c1-17-25-20(27-11-13-28(14-12-27)22-23-8-4-9-24-22)15-21(26-17)29-10-7-18-5-2-3-6-19(18)16-29/h2-6,8-9,15H,7,10-14,16H2,1H3. The zero-order valence-corrected chi connectivity index (χ0v) is 16.7. The molecule has 0 saturated carbocycles. The summed E-state index contributed by atoms with van der Waals surface area (Å²) >= 11 is 0. The van der Waals surface area contributed by atoms with Crippen LogP contribution in [0.3, 0.4) is 0 Å². The van der Waals surface area contributed by atoms with Crippen molar-refractivity contribution in [3.05, 3.63) is 65.7 Å². The first kappa shape index (κ1) is 17.8. The maximum absolute atomic E-state index is 4.75. The molecular formula is C22H25N7. The summed E-state index contributed by atoms with van der Waals surface area (Å²) in [4.78, 5) is 25.2. The van der Waals surface area contributed by atoms with Crippen LogP contribution >= 0.6 is 0 Å². The number of nitrogens with zero attached hydrogens (tertiary/aromatic N) is 7. The van der Waals surface area contributed by atoms with Crippen LogP contribution in [0.5, 0.6) is 0 Å². The van der Waals surface area contributed by atoms with Crippen LogP contribution in [0.2, 0.25) is 0 Å². The fourth-order valence-corrected chi connectivity index (χ4v) is 4.14. The van der Waals surface area contributed by atoms with Crippen LogP contribution in [0.25, 0.3) is 0 Å². The van der Waals surface area contributed by atoms with Gasteiger partial charge in [-0.15, -0.1) is 0 Å². The van der Waals surface area contributed by atoms with Gasteiger partial charge in [0.2, 0.25) is 5.95 Å². The van der Waals surface area contributed by atoms with Gasteiger partial charge in [0.05, 0.1) is 0 Å². The fraction of sp³-hybridized carbons (Fsp3) is 0.364. The van der Waals surface area contributed by atoms with Gasteiger partial charge in [0.1, 0.15) is 17.5 Å². The molecule has 0 unspecified atom stereocenters. The van der Waals surface area contributed by atoms with Crippen molar-refractivity contribution in [1.29, 1.82) is 0 Å². The smallest absolute Gasteiger partial charge is 0.225 e. The van der Waals surface area contributed by atoms with E-state index in [1.807, 2.05) is 13.0 Å². The van der Waals surface area contributed by atoms with Gasteiger partial charge in [0.15, 0.2) is 0 Å². The van der Waals surface area contributed by atoms with Crippen LogP contribution in [0, 0.1) is 6.92 Å². The number of rotatable bonds is 3. The minimum absolute atomic E-state index is 0.804. The van der Waals surface area contributed by atoms with Crippen molar-refractivity contribution < 1.29 is 0 Å². The summed E-state index contributed by atoms with van der Waals surface area (Å²) in [5, 5.41) is 0. The lowest BCUT2D eigenvalue weighted by molar-refractivity contribution is 0.632. The van der Waals surface area contributed by atoms with Crippen molar-refractivity contribution in [3.8, 4) is 0 Å². The Labute approximate surface area is 171 Å². The maximum Gasteiger partial charge on any atom is 0.225 e. The lowest BCUT2D eigenvalue weighted by Crippen LogP contribution is -2.47. The van der Waals surface area contributed by atoms with Gasteiger partial charge in [-0.3, -0.25) is 0 Å². The Bertz CT molecular complexity index is 983. The van der Waals surface area contributed by atoms with E-state index in [-0.39, 0.29) is 0 Å². The third-order valence-corrected chi connectivity index (χ3v) is 5.70. The van der Waals surface area contributed by atoms with Crippen molar-refractivity contribution in [1.82, 2.24) is 19.9 Å². The van der Waals surface area contributed by atoms with Crippen LogP contribution < -0.4 is 14.7 Å². The van der Waals surface area contributed by atoms with Gasteiger partial charge in [0, 0.05) is 57.7 Å². The monoisotopic (exact) mass is 387 g/mol. The lowest BCUT2D eigenvalue weighted by Gasteiger charge is -2.36. The zero-order valence-electron chi connectivity index (χ0n) is 16.7. The van der Waals surface area contributed by atoms with Gasteiger partial charge in [-0.2, -0.15) is 0 Å². The summed E-state index contributed by atoms with van der Waals surface area (Å²) in [5.41, 5.74) is 2.85. The van der Waals surface area contributed by atoms with Crippen LogP contribution in [0.4, 0.5) is 17.6 Å². The zero-order chi connectivity index (χ0) is 19.6. The highest BCUT2D eigenvalue weighted by atomic mass is 15.3. The van der Waals surface area contributed by atoms with Gasteiger partial charge >= 0.3 is 0 Å². The molecule has 2 aliphatic heterocycles. The average molecular weight is 387 g/mol. The molecule has 1 saturated heterocycles. The second kappa shape index (κ2) is 7.66. The average Bonchev–Trinajstić information content (AvgIpc) is 2.79. The van der Waals surface area contributed by atoms with E-state index < -0.39 is 0 Å². The predicted molar refractivity (Wildman–Crippen MR) is 114 cm³/mol. The third kappa shape index (κ3) is 3.72. The van der Waals surface area contributed by atoms with E-state index in [9.17, 15) is 0 Å². The Morgan fingerprint density at radius 1 is 0.724 bits per heavy atom. The van der Waals surface area contributed by atoms with Gasteiger partial charge in [0.25, 0.3) is 0 Å². The molecule has 0 N–H and O–H groups in total. The molecule has 0 radical (unpaired) electrons. The molecule has 3 aromatic rings. The number of piperazine rings is 1. The quantitative estimate of drug-likeness (QED) is 0.684. The lowest BCUT2D eigenvalue weighted by atomic mass is 10.00. The summed E-state index contributed by atoms with van der Waals surface area (Å²) in [6.07, 6.45) is 4.65. The SMILES string of the molecule is Cc1nc(N2CCN(c3ncccn3)CC2)cc(N2CCc3ccccc3C2)n1. The van der Waals surface area contributed by atoms with E-state index in [1.54, 1.807) is 12.4 Å². The number of fused-ring (bicyclic) bond motifs is 1. The first-order valence-corrected chi connectivity index (χ1v) is 10.2. The molecule has 0 amide bonds. The van der Waals surface area contributed by atoms with E-state index in [4.69, 9.17) is 9.97 Å². The largest absolute Gasteiger partial charge is 0.353 e. The summed E-state index contributed by atoms with van der Waals surface area (Å²) in [6, 6.07) is 12.7. The second-order valence-electron chi connectivity index (χ2n) is 7.59. The molecule has 7 nitrogen and oxygen atoms in total. The van der Waals surface area contributed by atoms with Crippen molar-refractivity contribution in [2.45, 2.75) is 19.9 Å². The number of anilines is 3. The highest BCUT2D eigenvalue weighted by Gasteiger charge is 2.22. The van der Waals surface area contributed by atoms with E-state index in [2.05, 4.69) is 55.0 Å². The molecule has 1 aromatic carbocycles. The Morgan fingerprint density at radius 2 is 1.38 bits per heavy atom. The number of hydrogen-bond donors (Lipinski definition) is 0.